The summed E-state index contributed by atoms with van der Waals surface area (Å²) in [5.41, 5.74) is 0.870. The Morgan fingerprint density at radius 3 is 3.13 bits per heavy atom. The maximum Gasteiger partial charge on any atom is 0.195 e. The van der Waals surface area contributed by atoms with Crippen molar-refractivity contribution in [3.8, 4) is 0 Å². The maximum atomic E-state index is 5.18. The molecule has 0 atom stereocenters. The van der Waals surface area contributed by atoms with E-state index >= 15 is 0 Å². The van der Waals surface area contributed by atoms with Gasteiger partial charge in [0.05, 0.1) is 6.54 Å². The highest BCUT2D eigenvalue weighted by Crippen LogP contribution is 2.38. The van der Waals surface area contributed by atoms with Crippen molar-refractivity contribution < 1.29 is 4.52 Å². The molecule has 1 N–H and O–H groups in total. The molecule has 0 saturated heterocycles. The first-order valence-electron chi connectivity index (χ1n) is 4.89. The molecule has 0 unspecified atom stereocenters. The van der Waals surface area contributed by atoms with Crippen molar-refractivity contribution in [3.63, 3.8) is 0 Å². The van der Waals surface area contributed by atoms with Crippen LogP contribution in [-0.2, 0) is 6.54 Å². The zero-order chi connectivity index (χ0) is 10.3. The van der Waals surface area contributed by atoms with Crippen LogP contribution in [0.4, 0.5) is 0 Å². The van der Waals surface area contributed by atoms with Gasteiger partial charge in [0.25, 0.3) is 0 Å². The van der Waals surface area contributed by atoms with Gasteiger partial charge >= 0.3 is 0 Å². The van der Waals surface area contributed by atoms with Crippen LogP contribution in [0.2, 0.25) is 0 Å². The molecule has 2 aromatic rings. The van der Waals surface area contributed by atoms with Crippen LogP contribution in [0.1, 0.15) is 30.3 Å². The maximum absolute atomic E-state index is 5.18. The standard InChI is InChI=1S/C9H10N4OS/c15-9-11-10-8(6-1-2-6)13(9)5-7-3-4-14-12-7/h3-4,6H,1-2,5H2,(H,11,15). The summed E-state index contributed by atoms with van der Waals surface area (Å²) < 4.78 is 7.43. The summed E-state index contributed by atoms with van der Waals surface area (Å²) in [5.74, 6) is 1.62. The summed E-state index contributed by atoms with van der Waals surface area (Å²) in [5, 5.41) is 10.9. The van der Waals surface area contributed by atoms with Crippen LogP contribution < -0.4 is 0 Å². The Labute approximate surface area is 91.1 Å². The summed E-state index contributed by atoms with van der Waals surface area (Å²) >= 11 is 5.18. The predicted octanol–water partition coefficient (Wildman–Crippen LogP) is 1.85. The Hall–Kier alpha value is -1.43. The fourth-order valence-electron chi connectivity index (χ4n) is 1.62. The number of nitrogens with one attached hydrogen (secondary N) is 1. The van der Waals surface area contributed by atoms with E-state index in [9.17, 15) is 0 Å². The van der Waals surface area contributed by atoms with E-state index in [1.807, 2.05) is 10.6 Å². The Kier molecular flexibility index (Phi) is 1.95. The van der Waals surface area contributed by atoms with Gasteiger partial charge in [-0.3, -0.25) is 9.67 Å². The third-order valence-electron chi connectivity index (χ3n) is 2.54. The molecule has 1 fully saturated rings. The zero-order valence-electron chi connectivity index (χ0n) is 8.01. The minimum Gasteiger partial charge on any atom is -0.364 e. The predicted molar refractivity (Wildman–Crippen MR) is 55.0 cm³/mol. The van der Waals surface area contributed by atoms with E-state index in [2.05, 4.69) is 15.4 Å². The highest BCUT2D eigenvalue weighted by molar-refractivity contribution is 7.71. The molecular weight excluding hydrogens is 212 g/mol. The van der Waals surface area contributed by atoms with Gasteiger partial charge in [0.1, 0.15) is 17.8 Å². The minimum absolute atomic E-state index is 0.574. The van der Waals surface area contributed by atoms with E-state index in [1.165, 1.54) is 12.8 Å². The topological polar surface area (TPSA) is 59.6 Å². The molecule has 78 valence electrons. The summed E-state index contributed by atoms with van der Waals surface area (Å²) in [7, 11) is 0. The first-order valence-corrected chi connectivity index (χ1v) is 5.30. The molecule has 0 aliphatic heterocycles. The van der Waals surface area contributed by atoms with Crippen LogP contribution in [0.25, 0.3) is 0 Å². The van der Waals surface area contributed by atoms with Crippen molar-refractivity contribution in [2.45, 2.75) is 25.3 Å². The first kappa shape index (κ1) is 8.84. The van der Waals surface area contributed by atoms with Crippen molar-refractivity contribution in [1.29, 1.82) is 0 Å². The SMILES string of the molecule is S=c1[nH]nc(C2CC2)n1Cc1ccon1. The van der Waals surface area contributed by atoms with E-state index in [-0.39, 0.29) is 0 Å². The van der Waals surface area contributed by atoms with Gasteiger partial charge < -0.3 is 4.52 Å². The lowest BCUT2D eigenvalue weighted by Gasteiger charge is -2.02. The number of aromatic amines is 1. The normalized spacial score (nSPS) is 15.7. The Bertz CT molecular complexity index is 508. The van der Waals surface area contributed by atoms with Crippen LogP contribution in [0.3, 0.4) is 0 Å². The van der Waals surface area contributed by atoms with E-state index in [0.717, 1.165) is 11.5 Å². The number of hydrogen-bond donors (Lipinski definition) is 1. The fraction of sp³-hybridized carbons (Fsp3) is 0.444. The van der Waals surface area contributed by atoms with E-state index < -0.39 is 0 Å². The monoisotopic (exact) mass is 222 g/mol. The molecule has 0 spiro atoms. The molecule has 0 radical (unpaired) electrons. The number of hydrogen-bond acceptors (Lipinski definition) is 4. The van der Waals surface area contributed by atoms with Crippen molar-refractivity contribution >= 4 is 12.2 Å². The number of nitrogens with zero attached hydrogens (tertiary/aromatic N) is 3. The summed E-state index contributed by atoms with van der Waals surface area (Å²) in [6.07, 6.45) is 3.98. The molecule has 1 aliphatic carbocycles. The van der Waals surface area contributed by atoms with Gasteiger partial charge in [-0.25, -0.2) is 0 Å². The Morgan fingerprint density at radius 1 is 1.60 bits per heavy atom. The molecule has 0 bridgehead atoms. The molecule has 2 aromatic heterocycles. The fourth-order valence-corrected chi connectivity index (χ4v) is 1.82. The van der Waals surface area contributed by atoms with Gasteiger partial charge in [0, 0.05) is 12.0 Å². The zero-order valence-corrected chi connectivity index (χ0v) is 8.83. The van der Waals surface area contributed by atoms with Crippen molar-refractivity contribution in [3.05, 3.63) is 28.6 Å². The van der Waals surface area contributed by atoms with E-state index in [1.54, 1.807) is 6.26 Å². The second kappa shape index (κ2) is 3.30. The summed E-state index contributed by atoms with van der Waals surface area (Å²) in [4.78, 5) is 0. The highest BCUT2D eigenvalue weighted by atomic mass is 32.1. The molecule has 0 aromatic carbocycles. The van der Waals surface area contributed by atoms with Gasteiger partial charge in [0.15, 0.2) is 4.77 Å². The van der Waals surface area contributed by atoms with Gasteiger partial charge in [0.2, 0.25) is 0 Å². The summed E-state index contributed by atoms with van der Waals surface area (Å²) in [6, 6.07) is 1.84. The second-order valence-electron chi connectivity index (χ2n) is 3.74. The number of H-pyrrole nitrogens is 1. The average molecular weight is 222 g/mol. The molecule has 2 heterocycles. The molecule has 0 amide bonds. The minimum atomic E-state index is 0.574. The molecule has 6 heteroatoms. The second-order valence-corrected chi connectivity index (χ2v) is 4.12. The smallest absolute Gasteiger partial charge is 0.195 e. The van der Waals surface area contributed by atoms with Crippen molar-refractivity contribution in [1.82, 2.24) is 19.9 Å². The van der Waals surface area contributed by atoms with Crippen molar-refractivity contribution in [2.24, 2.45) is 0 Å². The molecular formula is C9H10N4OS. The molecule has 1 aliphatic rings. The van der Waals surface area contributed by atoms with E-state index in [0.29, 0.717) is 17.2 Å². The molecule has 15 heavy (non-hydrogen) atoms. The van der Waals surface area contributed by atoms with Crippen molar-refractivity contribution in [2.75, 3.05) is 0 Å². The number of aromatic nitrogens is 4. The molecule has 1 saturated carbocycles. The third-order valence-corrected chi connectivity index (χ3v) is 2.85. The van der Waals surface area contributed by atoms with Crippen LogP contribution in [0.5, 0.6) is 0 Å². The highest BCUT2D eigenvalue weighted by Gasteiger charge is 2.29. The quantitative estimate of drug-likeness (QED) is 0.805. The van der Waals surface area contributed by atoms with Gasteiger partial charge in [-0.15, -0.1) is 0 Å². The summed E-state index contributed by atoms with van der Waals surface area (Å²) in [6.45, 7) is 0.637. The van der Waals surface area contributed by atoms with Crippen LogP contribution >= 0.6 is 12.2 Å². The largest absolute Gasteiger partial charge is 0.364 e. The number of rotatable bonds is 3. The lowest BCUT2D eigenvalue weighted by Crippen LogP contribution is -2.04. The molecule has 3 rings (SSSR count). The van der Waals surface area contributed by atoms with Gasteiger partial charge in [-0.1, -0.05) is 5.16 Å². The Morgan fingerprint density at radius 2 is 2.47 bits per heavy atom. The first-order chi connectivity index (χ1) is 7.34. The third kappa shape index (κ3) is 1.61. The molecule has 5 nitrogen and oxygen atoms in total. The van der Waals surface area contributed by atoms with Crippen LogP contribution in [0.15, 0.2) is 16.9 Å². The van der Waals surface area contributed by atoms with Gasteiger partial charge in [-0.2, -0.15) is 5.10 Å². The van der Waals surface area contributed by atoms with E-state index in [4.69, 9.17) is 16.7 Å². The van der Waals surface area contributed by atoms with Gasteiger partial charge in [-0.05, 0) is 25.1 Å². The Balaban J connectivity index is 1.96. The van der Waals surface area contributed by atoms with Crippen LogP contribution in [-0.4, -0.2) is 19.9 Å². The van der Waals surface area contributed by atoms with Crippen LogP contribution in [0, 0.1) is 4.77 Å². The average Bonchev–Trinajstić information content (AvgIpc) is 2.82. The lowest BCUT2D eigenvalue weighted by molar-refractivity contribution is 0.409. The lowest BCUT2D eigenvalue weighted by atomic mass is 10.3.